The molecule has 7 aliphatic carbocycles. The molecular formula is C47H75BN4O8. The predicted octanol–water partition coefficient (Wildman–Crippen LogP) is 5.39. The molecule has 1 saturated heterocycles. The smallest absolute Gasteiger partial charge is 0.405 e. The number of unbranched alkanes of at least 4 members (excludes halogenated alkanes) is 1. The van der Waals surface area contributed by atoms with Gasteiger partial charge in [0, 0.05) is 31.1 Å². The van der Waals surface area contributed by atoms with Gasteiger partial charge in [-0.05, 0) is 156 Å². The van der Waals surface area contributed by atoms with Gasteiger partial charge in [0.1, 0.15) is 6.04 Å². The van der Waals surface area contributed by atoms with Gasteiger partial charge in [0.05, 0.1) is 23.9 Å². The van der Waals surface area contributed by atoms with Gasteiger partial charge in [-0.15, -0.1) is 0 Å². The van der Waals surface area contributed by atoms with E-state index in [4.69, 9.17) is 20.8 Å². The first-order chi connectivity index (χ1) is 28.4. The molecule has 0 aromatic heterocycles. The molecule has 10 atom stereocenters. The molecular weight excluding hydrogens is 759 g/mol. The molecule has 6 bridgehead atoms. The third-order valence-corrected chi connectivity index (χ3v) is 16.0. The van der Waals surface area contributed by atoms with Gasteiger partial charge in [-0.1, -0.05) is 45.9 Å². The highest BCUT2D eigenvalue weighted by Crippen LogP contribution is 2.66. The number of amides is 2. The number of rotatable bonds is 23. The van der Waals surface area contributed by atoms with Crippen LogP contribution in [-0.4, -0.2) is 84.4 Å². The molecule has 1 heterocycles. The van der Waals surface area contributed by atoms with Crippen LogP contribution in [0.2, 0.25) is 5.82 Å². The Balaban J connectivity index is 0.991. The first kappa shape index (κ1) is 46.8. The summed E-state index contributed by atoms with van der Waals surface area (Å²) in [6.07, 6.45) is 18.0. The summed E-state index contributed by atoms with van der Waals surface area (Å²) >= 11 is 0. The van der Waals surface area contributed by atoms with Crippen molar-refractivity contribution in [3.05, 3.63) is 24.3 Å². The predicted molar refractivity (Wildman–Crippen MR) is 232 cm³/mol. The summed E-state index contributed by atoms with van der Waals surface area (Å²) in [4.78, 5) is 67.5. The molecule has 0 radical (unpaired) electrons. The van der Waals surface area contributed by atoms with Gasteiger partial charge in [0.15, 0.2) is 17.3 Å². The molecule has 8 fully saturated rings. The zero-order chi connectivity index (χ0) is 43.6. The van der Waals surface area contributed by atoms with E-state index in [0.717, 1.165) is 30.6 Å². The Kier molecular flexibility index (Phi) is 15.1. The van der Waals surface area contributed by atoms with Crippen LogP contribution in [-0.2, 0) is 33.3 Å². The van der Waals surface area contributed by atoms with E-state index in [9.17, 15) is 29.1 Å². The average molecular weight is 835 g/mol. The van der Waals surface area contributed by atoms with Crippen molar-refractivity contribution in [2.24, 2.45) is 63.7 Å². The topological polar surface area (TPSA) is 200 Å². The number of carbonyl (C=O) groups excluding carboxylic acids is 5. The fraction of sp³-hybridized carbons (Fsp3) is 0.809. The van der Waals surface area contributed by atoms with E-state index in [1.165, 1.54) is 51.5 Å². The van der Waals surface area contributed by atoms with Crippen LogP contribution in [0.1, 0.15) is 138 Å². The lowest BCUT2D eigenvalue weighted by Gasteiger charge is -2.64. The highest BCUT2D eigenvalue weighted by Gasteiger charge is 2.68. The van der Waals surface area contributed by atoms with Crippen LogP contribution in [0.5, 0.6) is 0 Å². The highest BCUT2D eigenvalue weighted by atomic mass is 16.7. The van der Waals surface area contributed by atoms with Crippen molar-refractivity contribution in [1.29, 1.82) is 0 Å². The summed E-state index contributed by atoms with van der Waals surface area (Å²) in [7, 11) is -0.513. The summed E-state index contributed by atoms with van der Waals surface area (Å²) in [5.74, 6) is -0.255. The number of nitrogens with two attached hydrogens (primary N) is 2. The Bertz CT molecular complexity index is 1610. The van der Waals surface area contributed by atoms with Crippen molar-refractivity contribution in [3.63, 3.8) is 0 Å². The minimum atomic E-state index is -1.29. The molecule has 7 saturated carbocycles. The molecule has 8 aliphatic rings. The van der Waals surface area contributed by atoms with Crippen LogP contribution in [0.25, 0.3) is 0 Å². The summed E-state index contributed by atoms with van der Waals surface area (Å²) in [5.41, 5.74) is 11.7. The molecule has 0 spiro atoms. The number of Topliss-reactive ketones (excluding diaryl/α,β-unsaturated/α-hetero) is 2. The number of hydrogen-bond acceptors (Lipinski definition) is 10. The Morgan fingerprint density at radius 1 is 0.800 bits per heavy atom. The summed E-state index contributed by atoms with van der Waals surface area (Å²) < 4.78 is 13.1. The lowest BCUT2D eigenvalue weighted by molar-refractivity contribution is -0.199. The Morgan fingerprint density at radius 3 is 2.07 bits per heavy atom. The largest absolute Gasteiger partial charge is 0.461 e. The van der Waals surface area contributed by atoms with Gasteiger partial charge in [-0.3, -0.25) is 24.0 Å². The van der Waals surface area contributed by atoms with E-state index in [1.807, 2.05) is 13.0 Å². The van der Waals surface area contributed by atoms with E-state index >= 15 is 0 Å². The third kappa shape index (κ3) is 10.4. The first-order valence-electron chi connectivity index (χ1n) is 23.3. The van der Waals surface area contributed by atoms with Gasteiger partial charge >= 0.3 is 7.12 Å². The third-order valence-electron chi connectivity index (χ3n) is 16.0. The van der Waals surface area contributed by atoms with E-state index in [2.05, 4.69) is 37.5 Å². The molecule has 60 heavy (non-hydrogen) atoms. The molecule has 334 valence electrons. The maximum absolute atomic E-state index is 13.8. The lowest BCUT2D eigenvalue weighted by Crippen LogP contribution is -2.65. The van der Waals surface area contributed by atoms with E-state index in [-0.39, 0.29) is 72.1 Å². The Labute approximate surface area is 359 Å². The van der Waals surface area contributed by atoms with Crippen LogP contribution in [0, 0.1) is 52.3 Å². The second kappa shape index (κ2) is 19.4. The van der Waals surface area contributed by atoms with Crippen molar-refractivity contribution in [2.75, 3.05) is 13.1 Å². The van der Waals surface area contributed by atoms with Crippen LogP contribution < -0.4 is 22.1 Å². The summed E-state index contributed by atoms with van der Waals surface area (Å²) in [5, 5.41) is 16.2. The number of allylic oxidation sites excluding steroid dienone is 4. The van der Waals surface area contributed by atoms with Gasteiger partial charge < -0.3 is 36.5 Å². The normalized spacial score (nSPS) is 34.0. The van der Waals surface area contributed by atoms with Crippen molar-refractivity contribution in [2.45, 2.75) is 174 Å². The fourth-order valence-corrected chi connectivity index (χ4v) is 12.7. The second-order valence-corrected chi connectivity index (χ2v) is 21.1. The van der Waals surface area contributed by atoms with Crippen LogP contribution >= 0.6 is 0 Å². The summed E-state index contributed by atoms with van der Waals surface area (Å²) in [6.45, 7) is 12.3. The Morgan fingerprint density at radius 2 is 1.47 bits per heavy atom. The quantitative estimate of drug-likeness (QED) is 0.0385. The summed E-state index contributed by atoms with van der Waals surface area (Å²) in [6, 6.07) is -2.07. The highest BCUT2D eigenvalue weighted by molar-refractivity contribution is 6.47. The molecule has 0 aromatic rings. The molecule has 8 rings (SSSR count). The van der Waals surface area contributed by atoms with Gasteiger partial charge in [0.2, 0.25) is 11.8 Å². The zero-order valence-electron chi connectivity index (χ0n) is 37.3. The number of aliphatic hydroxyl groups is 1. The Hall–Kier alpha value is -2.71. The lowest BCUT2D eigenvalue weighted by atomic mass is 9.43. The van der Waals surface area contributed by atoms with Crippen molar-refractivity contribution in [1.82, 2.24) is 10.6 Å². The number of hydrogen-bond donors (Lipinski definition) is 5. The van der Waals surface area contributed by atoms with Crippen LogP contribution in [0.3, 0.4) is 0 Å². The SMILES string of the molecule is C[C@H](CC(=O)[C@H](CCCCN)NC(=O)[C@H](C)CC(=O)[C@@H](NC(=O)[C@H](CCN)CC(=O)/C=C/C=C/C12CC3CC(CC(C3)C1)C2)[C@@H](C)O)B1OC2C[C@@H]3C[C@@H](C3(C)C)[C@]2(C)O1. The maximum Gasteiger partial charge on any atom is 0.461 e. The molecule has 7 N–H and O–H groups in total. The van der Waals surface area contributed by atoms with Crippen molar-refractivity contribution < 1.29 is 38.4 Å². The molecule has 1 aliphatic heterocycles. The van der Waals surface area contributed by atoms with Gasteiger partial charge in [-0.25, -0.2) is 0 Å². The minimum absolute atomic E-state index is 0.00436. The van der Waals surface area contributed by atoms with Crippen molar-refractivity contribution >= 4 is 36.3 Å². The van der Waals surface area contributed by atoms with E-state index < -0.39 is 54.7 Å². The minimum Gasteiger partial charge on any atom is -0.405 e. The fourth-order valence-electron chi connectivity index (χ4n) is 12.7. The zero-order valence-corrected chi connectivity index (χ0v) is 37.3. The number of aliphatic hydroxyl groups excluding tert-OH is 1. The van der Waals surface area contributed by atoms with Crippen LogP contribution in [0.4, 0.5) is 0 Å². The molecule has 13 heteroatoms. The number of nitrogens with one attached hydrogen (secondary N) is 2. The molecule has 2 amide bonds. The standard InChI is InChI=1S/C47H75BN4O8/c1-28(43(57)51-37(12-8-10-15-49)38(55)18-29(2)48-59-41-24-35-23-40(45(35,4)5)46(41,6)60-48)17-39(56)42(30(3)53)52-44(58)34(13-16-50)22-36(54)11-7-9-14-47-25-31-19-32(26-47)21-33(20-31)27-47/h7,9,11,14,28-35,37,40-42,53H,8,10,12-13,15-27,49-50H2,1-6H3,(H,51,57)(H,52,58)/b11-7+,14-9+/t28-,29-,30-,31?,32?,33?,34-,35+,37+,40+,41?,42+,46+,47?/m1/s1. The first-order valence-corrected chi connectivity index (χ1v) is 23.3. The van der Waals surface area contributed by atoms with Gasteiger partial charge in [0.25, 0.3) is 0 Å². The number of carbonyl (C=O) groups is 5. The monoisotopic (exact) mass is 835 g/mol. The van der Waals surface area contributed by atoms with E-state index in [1.54, 1.807) is 13.0 Å². The number of ketones is 3. The van der Waals surface area contributed by atoms with Crippen molar-refractivity contribution in [3.8, 4) is 0 Å². The second-order valence-electron chi connectivity index (χ2n) is 21.1. The van der Waals surface area contributed by atoms with Crippen LogP contribution in [0.15, 0.2) is 24.3 Å². The maximum atomic E-state index is 13.8. The van der Waals surface area contributed by atoms with E-state index in [0.29, 0.717) is 37.6 Å². The molecule has 12 nitrogen and oxygen atoms in total. The average Bonchev–Trinajstić information content (AvgIpc) is 3.55. The van der Waals surface area contributed by atoms with Gasteiger partial charge in [-0.2, -0.15) is 0 Å². The molecule has 0 aromatic carbocycles. The molecule has 1 unspecified atom stereocenters.